The number of nitrogens with zero attached hydrogens (tertiary/aromatic N) is 2. The van der Waals surface area contributed by atoms with Gasteiger partial charge in [0.15, 0.2) is 11.0 Å². The summed E-state index contributed by atoms with van der Waals surface area (Å²) in [6.07, 6.45) is 0. The van der Waals surface area contributed by atoms with E-state index in [2.05, 4.69) is 11.8 Å². The molecular formula is C23H24N2O3. The summed E-state index contributed by atoms with van der Waals surface area (Å²) >= 11 is 0. The van der Waals surface area contributed by atoms with Crippen molar-refractivity contribution in [2.75, 3.05) is 32.7 Å². The number of likely N-dealkylation sites (N-methyl/N-ethyl adjacent to an activating group) is 1. The Hall–Kier alpha value is -2.92. The molecule has 0 radical (unpaired) electrons. The van der Waals surface area contributed by atoms with Crippen LogP contribution >= 0.6 is 0 Å². The number of fused-ring (bicyclic) bond motifs is 1. The first-order chi connectivity index (χ1) is 13.6. The van der Waals surface area contributed by atoms with Gasteiger partial charge in [0.05, 0.1) is 10.9 Å². The van der Waals surface area contributed by atoms with E-state index in [1.54, 1.807) is 25.1 Å². The second kappa shape index (κ2) is 7.60. The topological polar surface area (TPSA) is 53.8 Å². The molecule has 0 atom stereocenters. The number of benzene rings is 2. The molecule has 4 rings (SSSR count). The van der Waals surface area contributed by atoms with Crippen molar-refractivity contribution in [1.29, 1.82) is 0 Å². The lowest BCUT2D eigenvalue weighted by atomic mass is 10.0. The van der Waals surface area contributed by atoms with Crippen LogP contribution < -0.4 is 5.43 Å². The third kappa shape index (κ3) is 3.22. The van der Waals surface area contributed by atoms with Crippen LogP contribution in [0.3, 0.4) is 0 Å². The first-order valence-electron chi connectivity index (χ1n) is 9.73. The van der Waals surface area contributed by atoms with Gasteiger partial charge in [0.25, 0.3) is 5.91 Å². The van der Waals surface area contributed by atoms with Gasteiger partial charge in [-0.1, -0.05) is 43.3 Å². The Morgan fingerprint density at radius 3 is 2.39 bits per heavy atom. The van der Waals surface area contributed by atoms with Crippen molar-refractivity contribution >= 4 is 16.9 Å². The summed E-state index contributed by atoms with van der Waals surface area (Å²) < 4.78 is 6.19. The molecule has 2 aromatic carbocycles. The molecular weight excluding hydrogens is 352 g/mol. The highest BCUT2D eigenvalue weighted by Gasteiger charge is 2.25. The van der Waals surface area contributed by atoms with E-state index < -0.39 is 0 Å². The zero-order valence-electron chi connectivity index (χ0n) is 16.3. The molecule has 1 amide bonds. The molecule has 3 aromatic rings. The number of piperazine rings is 1. The fourth-order valence-electron chi connectivity index (χ4n) is 3.78. The maximum Gasteiger partial charge on any atom is 0.257 e. The van der Waals surface area contributed by atoms with Gasteiger partial charge >= 0.3 is 0 Å². The predicted octanol–water partition coefficient (Wildman–Crippen LogP) is 3.55. The maximum absolute atomic E-state index is 13.2. The lowest BCUT2D eigenvalue weighted by molar-refractivity contribution is 0.0644. The molecule has 1 aromatic heterocycles. The van der Waals surface area contributed by atoms with Gasteiger partial charge in [0.1, 0.15) is 5.76 Å². The highest BCUT2D eigenvalue weighted by Crippen LogP contribution is 2.28. The van der Waals surface area contributed by atoms with Crippen molar-refractivity contribution in [3.05, 3.63) is 69.9 Å². The van der Waals surface area contributed by atoms with Gasteiger partial charge in [-0.2, -0.15) is 0 Å². The number of carbonyl (C=O) groups is 1. The van der Waals surface area contributed by atoms with Gasteiger partial charge in [-0.15, -0.1) is 0 Å². The summed E-state index contributed by atoms with van der Waals surface area (Å²) in [5, 5.41) is 0.454. The molecule has 5 nitrogen and oxygen atoms in total. The van der Waals surface area contributed by atoms with Crippen LogP contribution in [0.4, 0.5) is 0 Å². The highest BCUT2D eigenvalue weighted by atomic mass is 16.3. The fraction of sp³-hybridized carbons (Fsp3) is 0.304. The molecule has 5 heteroatoms. The lowest BCUT2D eigenvalue weighted by Crippen LogP contribution is -2.48. The van der Waals surface area contributed by atoms with Gasteiger partial charge in [0.2, 0.25) is 0 Å². The molecule has 2 heterocycles. The summed E-state index contributed by atoms with van der Waals surface area (Å²) in [6, 6.07) is 14.8. The van der Waals surface area contributed by atoms with E-state index in [0.717, 1.165) is 25.2 Å². The number of hydrogen-bond donors (Lipinski definition) is 0. The molecule has 0 spiro atoms. The fourth-order valence-corrected chi connectivity index (χ4v) is 3.78. The maximum atomic E-state index is 13.2. The second-order valence-corrected chi connectivity index (χ2v) is 7.16. The standard InChI is InChI=1S/C23H24N2O3/c1-3-24-12-14-25(15-13-24)23(27)19-11-7-10-18-20(26)16(2)21(28-22(18)19)17-8-5-4-6-9-17/h4-11H,3,12-15H2,1-2H3. The van der Waals surface area contributed by atoms with Gasteiger partial charge in [-0.3, -0.25) is 9.59 Å². The Balaban J connectivity index is 1.81. The minimum absolute atomic E-state index is 0.0765. The number of amides is 1. The summed E-state index contributed by atoms with van der Waals surface area (Å²) in [5.41, 5.74) is 2.12. The number of rotatable bonds is 3. The zero-order valence-corrected chi connectivity index (χ0v) is 16.3. The van der Waals surface area contributed by atoms with Crippen molar-refractivity contribution in [3.63, 3.8) is 0 Å². The Labute approximate surface area is 164 Å². The molecule has 0 aliphatic carbocycles. The van der Waals surface area contributed by atoms with E-state index in [1.807, 2.05) is 35.2 Å². The largest absolute Gasteiger partial charge is 0.455 e. The summed E-state index contributed by atoms with van der Waals surface area (Å²) in [7, 11) is 0. The molecule has 0 bridgehead atoms. The molecule has 1 fully saturated rings. The van der Waals surface area contributed by atoms with Crippen molar-refractivity contribution in [1.82, 2.24) is 9.80 Å². The molecule has 0 unspecified atom stereocenters. The predicted molar refractivity (Wildman–Crippen MR) is 111 cm³/mol. The van der Waals surface area contributed by atoms with Crippen molar-refractivity contribution in [2.45, 2.75) is 13.8 Å². The van der Waals surface area contributed by atoms with Crippen LogP contribution in [0.1, 0.15) is 22.8 Å². The van der Waals surface area contributed by atoms with Crippen LogP contribution in [0.25, 0.3) is 22.3 Å². The average Bonchev–Trinajstić information content (AvgIpc) is 2.76. The molecule has 28 heavy (non-hydrogen) atoms. The monoisotopic (exact) mass is 376 g/mol. The van der Waals surface area contributed by atoms with Crippen LogP contribution in [0, 0.1) is 6.92 Å². The number of carbonyl (C=O) groups excluding carboxylic acids is 1. The van der Waals surface area contributed by atoms with E-state index in [4.69, 9.17) is 4.42 Å². The Bertz CT molecular complexity index is 1060. The van der Waals surface area contributed by atoms with E-state index in [0.29, 0.717) is 40.9 Å². The first-order valence-corrected chi connectivity index (χ1v) is 9.73. The Morgan fingerprint density at radius 2 is 1.71 bits per heavy atom. The number of hydrogen-bond acceptors (Lipinski definition) is 4. The SMILES string of the molecule is CCN1CCN(C(=O)c2cccc3c(=O)c(C)c(-c4ccccc4)oc23)CC1. The number of para-hydroxylation sites is 1. The van der Waals surface area contributed by atoms with Gasteiger partial charge < -0.3 is 14.2 Å². The normalized spacial score (nSPS) is 15.1. The average molecular weight is 376 g/mol. The van der Waals surface area contributed by atoms with Crippen LogP contribution in [0.2, 0.25) is 0 Å². The minimum atomic E-state index is -0.0921. The molecule has 144 valence electrons. The molecule has 0 N–H and O–H groups in total. The van der Waals surface area contributed by atoms with Crippen LogP contribution in [-0.4, -0.2) is 48.4 Å². The van der Waals surface area contributed by atoms with Crippen LogP contribution in [0.5, 0.6) is 0 Å². The van der Waals surface area contributed by atoms with Crippen molar-refractivity contribution in [3.8, 4) is 11.3 Å². The van der Waals surface area contributed by atoms with Gasteiger partial charge in [-0.05, 0) is 25.6 Å². The van der Waals surface area contributed by atoms with Crippen LogP contribution in [-0.2, 0) is 0 Å². The van der Waals surface area contributed by atoms with E-state index in [9.17, 15) is 9.59 Å². The van der Waals surface area contributed by atoms with Gasteiger partial charge in [0, 0.05) is 37.3 Å². The van der Waals surface area contributed by atoms with Crippen molar-refractivity contribution in [2.24, 2.45) is 0 Å². The summed E-state index contributed by atoms with van der Waals surface area (Å²) in [5.74, 6) is 0.446. The van der Waals surface area contributed by atoms with E-state index in [-0.39, 0.29) is 11.3 Å². The quantitative estimate of drug-likeness (QED) is 0.702. The zero-order chi connectivity index (χ0) is 19.7. The first kappa shape index (κ1) is 18.4. The molecule has 0 saturated carbocycles. The molecule has 1 saturated heterocycles. The van der Waals surface area contributed by atoms with Gasteiger partial charge in [-0.25, -0.2) is 0 Å². The lowest BCUT2D eigenvalue weighted by Gasteiger charge is -2.34. The Morgan fingerprint density at radius 1 is 1.00 bits per heavy atom. The van der Waals surface area contributed by atoms with E-state index in [1.165, 1.54) is 0 Å². The van der Waals surface area contributed by atoms with Crippen LogP contribution in [0.15, 0.2) is 57.7 Å². The second-order valence-electron chi connectivity index (χ2n) is 7.16. The smallest absolute Gasteiger partial charge is 0.257 e. The third-order valence-corrected chi connectivity index (χ3v) is 5.52. The summed E-state index contributed by atoms with van der Waals surface area (Å²) in [6.45, 7) is 7.99. The molecule has 1 aliphatic rings. The van der Waals surface area contributed by atoms with E-state index >= 15 is 0 Å². The third-order valence-electron chi connectivity index (χ3n) is 5.52. The molecule has 1 aliphatic heterocycles. The van der Waals surface area contributed by atoms with Crippen molar-refractivity contribution < 1.29 is 9.21 Å². The minimum Gasteiger partial charge on any atom is -0.455 e. The Kier molecular flexibility index (Phi) is 5.01. The summed E-state index contributed by atoms with van der Waals surface area (Å²) in [4.78, 5) is 30.3. The highest BCUT2D eigenvalue weighted by molar-refractivity contribution is 6.05.